The van der Waals surface area contributed by atoms with E-state index >= 15 is 0 Å². The molecular formula is C14H30N2O. The fraction of sp³-hybridized carbons (Fsp3) is 1.00. The summed E-state index contributed by atoms with van der Waals surface area (Å²) < 4.78 is 5.63. The van der Waals surface area contributed by atoms with Crippen LogP contribution in [0.3, 0.4) is 0 Å². The SMILES string of the molecule is CCCNC1COCC1CN(CC)CC(C)C. The fourth-order valence-electron chi connectivity index (χ4n) is 2.51. The number of hydrogen-bond acceptors (Lipinski definition) is 3. The minimum absolute atomic E-state index is 0.566. The number of rotatable bonds is 8. The second-order valence-corrected chi connectivity index (χ2v) is 5.60. The van der Waals surface area contributed by atoms with Gasteiger partial charge >= 0.3 is 0 Å². The van der Waals surface area contributed by atoms with E-state index in [-0.39, 0.29) is 0 Å². The first-order valence-corrected chi connectivity index (χ1v) is 7.20. The monoisotopic (exact) mass is 242 g/mol. The van der Waals surface area contributed by atoms with E-state index in [4.69, 9.17) is 4.74 Å². The number of nitrogens with zero attached hydrogens (tertiary/aromatic N) is 1. The van der Waals surface area contributed by atoms with Gasteiger partial charge < -0.3 is 15.0 Å². The third-order valence-corrected chi connectivity index (χ3v) is 3.42. The number of hydrogen-bond donors (Lipinski definition) is 1. The van der Waals surface area contributed by atoms with E-state index in [1.165, 1.54) is 19.5 Å². The van der Waals surface area contributed by atoms with Gasteiger partial charge in [-0.2, -0.15) is 0 Å². The van der Waals surface area contributed by atoms with Crippen molar-refractivity contribution < 1.29 is 4.74 Å². The summed E-state index contributed by atoms with van der Waals surface area (Å²) in [5.41, 5.74) is 0. The van der Waals surface area contributed by atoms with Gasteiger partial charge in [-0.05, 0) is 25.4 Å². The van der Waals surface area contributed by atoms with Crippen LogP contribution in [0.2, 0.25) is 0 Å². The molecule has 3 nitrogen and oxygen atoms in total. The Morgan fingerprint density at radius 2 is 2.06 bits per heavy atom. The molecule has 1 aliphatic rings. The predicted molar refractivity (Wildman–Crippen MR) is 73.3 cm³/mol. The largest absolute Gasteiger partial charge is 0.379 e. The summed E-state index contributed by atoms with van der Waals surface area (Å²) in [5.74, 6) is 1.42. The molecule has 1 rings (SSSR count). The average molecular weight is 242 g/mol. The highest BCUT2D eigenvalue weighted by molar-refractivity contribution is 4.83. The van der Waals surface area contributed by atoms with Crippen LogP contribution < -0.4 is 5.32 Å². The minimum Gasteiger partial charge on any atom is -0.379 e. The molecule has 0 aromatic carbocycles. The lowest BCUT2D eigenvalue weighted by Crippen LogP contribution is -2.42. The van der Waals surface area contributed by atoms with Gasteiger partial charge in [-0.3, -0.25) is 0 Å². The second-order valence-electron chi connectivity index (χ2n) is 5.60. The van der Waals surface area contributed by atoms with Gasteiger partial charge in [0, 0.05) is 25.0 Å². The van der Waals surface area contributed by atoms with Crippen LogP contribution in [0.1, 0.15) is 34.1 Å². The van der Waals surface area contributed by atoms with E-state index < -0.39 is 0 Å². The van der Waals surface area contributed by atoms with Crippen molar-refractivity contribution in [1.29, 1.82) is 0 Å². The maximum Gasteiger partial charge on any atom is 0.0623 e. The Morgan fingerprint density at radius 3 is 2.65 bits per heavy atom. The highest BCUT2D eigenvalue weighted by Crippen LogP contribution is 2.16. The summed E-state index contributed by atoms with van der Waals surface area (Å²) >= 11 is 0. The number of ether oxygens (including phenoxy) is 1. The topological polar surface area (TPSA) is 24.5 Å². The van der Waals surface area contributed by atoms with Gasteiger partial charge in [-0.1, -0.05) is 27.7 Å². The smallest absolute Gasteiger partial charge is 0.0623 e. The molecule has 1 saturated heterocycles. The molecule has 0 aliphatic carbocycles. The van der Waals surface area contributed by atoms with Crippen molar-refractivity contribution in [2.45, 2.75) is 40.2 Å². The lowest BCUT2D eigenvalue weighted by molar-refractivity contribution is 0.164. The van der Waals surface area contributed by atoms with E-state index in [1.54, 1.807) is 0 Å². The van der Waals surface area contributed by atoms with E-state index in [0.29, 0.717) is 12.0 Å². The van der Waals surface area contributed by atoms with Crippen LogP contribution in [0.5, 0.6) is 0 Å². The first-order valence-electron chi connectivity index (χ1n) is 7.20. The van der Waals surface area contributed by atoms with Gasteiger partial charge in [-0.25, -0.2) is 0 Å². The van der Waals surface area contributed by atoms with Crippen molar-refractivity contribution in [1.82, 2.24) is 10.2 Å². The first-order chi connectivity index (χ1) is 8.17. The molecule has 1 heterocycles. The molecule has 17 heavy (non-hydrogen) atoms. The van der Waals surface area contributed by atoms with Crippen molar-refractivity contribution in [3.8, 4) is 0 Å². The molecule has 0 saturated carbocycles. The van der Waals surface area contributed by atoms with E-state index in [2.05, 4.69) is 37.9 Å². The highest BCUT2D eigenvalue weighted by Gasteiger charge is 2.28. The maximum absolute atomic E-state index is 5.63. The molecule has 1 fully saturated rings. The predicted octanol–water partition coefficient (Wildman–Crippen LogP) is 1.98. The van der Waals surface area contributed by atoms with Crippen LogP contribution in [0, 0.1) is 11.8 Å². The highest BCUT2D eigenvalue weighted by atomic mass is 16.5. The summed E-state index contributed by atoms with van der Waals surface area (Å²) in [6, 6.07) is 0.566. The molecule has 3 heteroatoms. The Bertz CT molecular complexity index is 197. The summed E-state index contributed by atoms with van der Waals surface area (Å²) in [4.78, 5) is 2.56. The normalized spacial score (nSPS) is 25.1. The van der Waals surface area contributed by atoms with Gasteiger partial charge in [0.15, 0.2) is 0 Å². The van der Waals surface area contributed by atoms with Crippen molar-refractivity contribution in [3.05, 3.63) is 0 Å². The van der Waals surface area contributed by atoms with Crippen molar-refractivity contribution in [2.24, 2.45) is 11.8 Å². The lowest BCUT2D eigenvalue weighted by Gasteiger charge is -2.28. The van der Waals surface area contributed by atoms with Crippen molar-refractivity contribution in [2.75, 3.05) is 39.4 Å². The average Bonchev–Trinajstić information content (AvgIpc) is 2.72. The maximum atomic E-state index is 5.63. The third-order valence-electron chi connectivity index (χ3n) is 3.42. The molecule has 1 aliphatic heterocycles. The standard InChI is InChI=1S/C14H30N2O/c1-5-7-15-14-11-17-10-13(14)9-16(6-2)8-12(3)4/h12-15H,5-11H2,1-4H3. The summed E-state index contributed by atoms with van der Waals surface area (Å²) in [7, 11) is 0. The Balaban J connectivity index is 2.36. The van der Waals surface area contributed by atoms with Gasteiger partial charge in [0.2, 0.25) is 0 Å². The zero-order valence-corrected chi connectivity index (χ0v) is 12.0. The zero-order chi connectivity index (χ0) is 12.7. The van der Waals surface area contributed by atoms with Gasteiger partial charge in [-0.15, -0.1) is 0 Å². The van der Waals surface area contributed by atoms with E-state index in [0.717, 1.165) is 32.2 Å². The van der Waals surface area contributed by atoms with E-state index in [9.17, 15) is 0 Å². The molecule has 0 aromatic heterocycles. The Morgan fingerprint density at radius 1 is 1.29 bits per heavy atom. The van der Waals surface area contributed by atoms with Gasteiger partial charge in [0.1, 0.15) is 0 Å². The van der Waals surface area contributed by atoms with Gasteiger partial charge in [0.25, 0.3) is 0 Å². The van der Waals surface area contributed by atoms with E-state index in [1.807, 2.05) is 0 Å². The third kappa shape index (κ3) is 5.36. The molecular weight excluding hydrogens is 212 g/mol. The molecule has 0 amide bonds. The first kappa shape index (κ1) is 14.9. The van der Waals surface area contributed by atoms with Crippen LogP contribution in [0.15, 0.2) is 0 Å². The molecule has 0 aromatic rings. The molecule has 2 atom stereocenters. The van der Waals surface area contributed by atoms with Crippen LogP contribution in [0.25, 0.3) is 0 Å². The van der Waals surface area contributed by atoms with Gasteiger partial charge in [0.05, 0.1) is 13.2 Å². The summed E-state index contributed by atoms with van der Waals surface area (Å²) in [6.45, 7) is 15.5. The lowest BCUT2D eigenvalue weighted by atomic mass is 10.0. The summed E-state index contributed by atoms with van der Waals surface area (Å²) in [6.07, 6.45) is 1.20. The summed E-state index contributed by atoms with van der Waals surface area (Å²) in [5, 5.41) is 3.61. The Hall–Kier alpha value is -0.120. The zero-order valence-electron chi connectivity index (χ0n) is 12.0. The Kier molecular flexibility index (Phi) is 7.09. The van der Waals surface area contributed by atoms with Crippen molar-refractivity contribution in [3.63, 3.8) is 0 Å². The van der Waals surface area contributed by atoms with Crippen LogP contribution in [0.4, 0.5) is 0 Å². The molecule has 102 valence electrons. The molecule has 0 spiro atoms. The molecule has 0 radical (unpaired) electrons. The quantitative estimate of drug-likeness (QED) is 0.704. The van der Waals surface area contributed by atoms with Crippen LogP contribution in [-0.2, 0) is 4.74 Å². The Labute approximate surface area is 107 Å². The molecule has 1 N–H and O–H groups in total. The number of nitrogens with one attached hydrogen (secondary N) is 1. The van der Waals surface area contributed by atoms with Crippen molar-refractivity contribution >= 4 is 0 Å². The molecule has 0 bridgehead atoms. The minimum atomic E-state index is 0.566. The van der Waals surface area contributed by atoms with Crippen LogP contribution in [-0.4, -0.2) is 50.3 Å². The molecule has 2 unspecified atom stereocenters. The van der Waals surface area contributed by atoms with Crippen LogP contribution >= 0.6 is 0 Å². The fourth-order valence-corrected chi connectivity index (χ4v) is 2.51. The second kappa shape index (κ2) is 8.06.